The average Bonchev–Trinajstić information content (AvgIpc) is 2.44. The number of nitrogens with two attached hydrogens (primary N) is 1. The number of carbonyl (C=O) groups excluding carboxylic acids is 2. The van der Waals surface area contributed by atoms with E-state index >= 15 is 0 Å². The van der Waals surface area contributed by atoms with Crippen molar-refractivity contribution in [1.82, 2.24) is 10.6 Å². The number of rotatable bonds is 5. The number of halogens is 1. The van der Waals surface area contributed by atoms with Crippen LogP contribution in [0.4, 0.5) is 0 Å². The zero-order chi connectivity index (χ0) is 14.5. The molecule has 0 spiro atoms. The summed E-state index contributed by atoms with van der Waals surface area (Å²) < 4.78 is 0. The Labute approximate surface area is 125 Å². The standard InChI is InChI=1S/C14H21N3O2.ClH/c1-14(2,9-15)13(19)17-8-10-4-6-11(7-5-10)12(18)16-3;/h4-7H,8-9,15H2,1-3H3,(H,16,18)(H,17,19);1H. The minimum absolute atomic E-state index is 0. The molecule has 20 heavy (non-hydrogen) atoms. The minimum atomic E-state index is -0.567. The van der Waals surface area contributed by atoms with Crippen molar-refractivity contribution in [1.29, 1.82) is 0 Å². The van der Waals surface area contributed by atoms with Crippen LogP contribution in [-0.4, -0.2) is 25.4 Å². The summed E-state index contributed by atoms with van der Waals surface area (Å²) in [7, 11) is 1.59. The molecular weight excluding hydrogens is 278 g/mol. The molecule has 1 aromatic carbocycles. The van der Waals surface area contributed by atoms with E-state index in [1.165, 1.54) is 0 Å². The van der Waals surface area contributed by atoms with Crippen LogP contribution in [0.15, 0.2) is 24.3 Å². The molecule has 0 aliphatic heterocycles. The maximum atomic E-state index is 11.8. The van der Waals surface area contributed by atoms with Gasteiger partial charge in [0.1, 0.15) is 0 Å². The lowest BCUT2D eigenvalue weighted by atomic mass is 9.92. The van der Waals surface area contributed by atoms with Gasteiger partial charge < -0.3 is 16.4 Å². The molecule has 0 heterocycles. The number of hydrogen-bond donors (Lipinski definition) is 3. The van der Waals surface area contributed by atoms with Crippen LogP contribution in [0.3, 0.4) is 0 Å². The van der Waals surface area contributed by atoms with E-state index in [1.54, 1.807) is 33.0 Å². The molecule has 0 aromatic heterocycles. The highest BCUT2D eigenvalue weighted by atomic mass is 35.5. The van der Waals surface area contributed by atoms with Crippen molar-refractivity contribution in [3.8, 4) is 0 Å². The normalized spacial score (nSPS) is 10.4. The van der Waals surface area contributed by atoms with Gasteiger partial charge in [-0.25, -0.2) is 0 Å². The van der Waals surface area contributed by atoms with E-state index in [-0.39, 0.29) is 24.2 Å². The van der Waals surface area contributed by atoms with Crippen molar-refractivity contribution in [2.45, 2.75) is 20.4 Å². The molecule has 4 N–H and O–H groups in total. The largest absolute Gasteiger partial charge is 0.355 e. The number of nitrogens with one attached hydrogen (secondary N) is 2. The van der Waals surface area contributed by atoms with Crippen LogP contribution in [0, 0.1) is 5.41 Å². The van der Waals surface area contributed by atoms with Crippen LogP contribution >= 0.6 is 12.4 Å². The molecule has 6 heteroatoms. The van der Waals surface area contributed by atoms with Crippen molar-refractivity contribution in [3.05, 3.63) is 35.4 Å². The van der Waals surface area contributed by atoms with Gasteiger partial charge in [0.2, 0.25) is 5.91 Å². The lowest BCUT2D eigenvalue weighted by molar-refractivity contribution is -0.129. The second kappa shape index (κ2) is 7.87. The highest BCUT2D eigenvalue weighted by Crippen LogP contribution is 2.13. The minimum Gasteiger partial charge on any atom is -0.355 e. The van der Waals surface area contributed by atoms with Gasteiger partial charge in [0.25, 0.3) is 5.91 Å². The van der Waals surface area contributed by atoms with Crippen LogP contribution in [0.2, 0.25) is 0 Å². The van der Waals surface area contributed by atoms with Gasteiger partial charge in [-0.05, 0) is 31.5 Å². The molecular formula is C14H22ClN3O2. The molecule has 2 amide bonds. The second-order valence-corrected chi connectivity index (χ2v) is 5.05. The third-order valence-corrected chi connectivity index (χ3v) is 3.02. The molecule has 0 radical (unpaired) electrons. The van der Waals surface area contributed by atoms with Gasteiger partial charge >= 0.3 is 0 Å². The Balaban J connectivity index is 0.00000361. The van der Waals surface area contributed by atoms with Crippen molar-refractivity contribution < 1.29 is 9.59 Å². The zero-order valence-electron chi connectivity index (χ0n) is 12.0. The molecule has 112 valence electrons. The van der Waals surface area contributed by atoms with Crippen molar-refractivity contribution >= 4 is 24.2 Å². The third-order valence-electron chi connectivity index (χ3n) is 3.02. The summed E-state index contributed by atoms with van der Waals surface area (Å²) in [5.74, 6) is -0.203. The molecule has 0 atom stereocenters. The maximum Gasteiger partial charge on any atom is 0.251 e. The number of carbonyl (C=O) groups is 2. The van der Waals surface area contributed by atoms with Crippen LogP contribution < -0.4 is 16.4 Å². The predicted molar refractivity (Wildman–Crippen MR) is 81.8 cm³/mol. The van der Waals surface area contributed by atoms with Crippen molar-refractivity contribution in [2.75, 3.05) is 13.6 Å². The summed E-state index contributed by atoms with van der Waals surface area (Å²) in [6.07, 6.45) is 0. The van der Waals surface area contributed by atoms with Gasteiger partial charge in [-0.3, -0.25) is 9.59 Å². The quantitative estimate of drug-likeness (QED) is 0.760. The van der Waals surface area contributed by atoms with Crippen LogP contribution in [0.5, 0.6) is 0 Å². The molecule has 0 unspecified atom stereocenters. The fourth-order valence-electron chi connectivity index (χ4n) is 1.43. The summed E-state index contributed by atoms with van der Waals surface area (Å²) in [4.78, 5) is 23.2. The fourth-order valence-corrected chi connectivity index (χ4v) is 1.43. The molecule has 0 aliphatic carbocycles. The number of amides is 2. The monoisotopic (exact) mass is 299 g/mol. The Hall–Kier alpha value is -1.59. The van der Waals surface area contributed by atoms with Gasteiger partial charge in [0.15, 0.2) is 0 Å². The Morgan fingerprint density at radius 1 is 1.20 bits per heavy atom. The Bertz CT molecular complexity index is 458. The molecule has 1 aromatic rings. The van der Waals surface area contributed by atoms with Gasteiger partial charge in [0.05, 0.1) is 5.41 Å². The summed E-state index contributed by atoms with van der Waals surface area (Å²) in [5.41, 5.74) is 6.51. The fraction of sp³-hybridized carbons (Fsp3) is 0.429. The molecule has 0 saturated carbocycles. The van der Waals surface area contributed by atoms with Gasteiger partial charge in [-0.15, -0.1) is 12.4 Å². The Kier molecular flexibility index (Phi) is 7.24. The van der Waals surface area contributed by atoms with Crippen LogP contribution in [0.25, 0.3) is 0 Å². The summed E-state index contributed by atoms with van der Waals surface area (Å²) in [6, 6.07) is 7.10. The van der Waals surface area contributed by atoms with E-state index in [1.807, 2.05) is 12.1 Å². The summed E-state index contributed by atoms with van der Waals surface area (Å²) in [5, 5.41) is 5.39. The van der Waals surface area contributed by atoms with E-state index in [0.717, 1.165) is 5.56 Å². The first-order valence-corrected chi connectivity index (χ1v) is 6.20. The van der Waals surface area contributed by atoms with E-state index in [2.05, 4.69) is 10.6 Å². The molecule has 0 aliphatic rings. The number of benzene rings is 1. The highest BCUT2D eigenvalue weighted by Gasteiger charge is 2.25. The summed E-state index contributed by atoms with van der Waals surface area (Å²) in [6.45, 7) is 4.33. The molecule has 0 saturated heterocycles. The lowest BCUT2D eigenvalue weighted by Crippen LogP contribution is -2.41. The highest BCUT2D eigenvalue weighted by molar-refractivity contribution is 5.93. The third kappa shape index (κ3) is 4.83. The first-order valence-electron chi connectivity index (χ1n) is 6.20. The van der Waals surface area contributed by atoms with Crippen LogP contribution in [-0.2, 0) is 11.3 Å². The summed E-state index contributed by atoms with van der Waals surface area (Å²) >= 11 is 0. The number of hydrogen-bond acceptors (Lipinski definition) is 3. The molecule has 5 nitrogen and oxygen atoms in total. The van der Waals surface area contributed by atoms with E-state index < -0.39 is 5.41 Å². The van der Waals surface area contributed by atoms with Crippen LogP contribution in [0.1, 0.15) is 29.8 Å². The average molecular weight is 300 g/mol. The Morgan fingerprint density at radius 3 is 2.20 bits per heavy atom. The van der Waals surface area contributed by atoms with E-state index in [4.69, 9.17) is 5.73 Å². The Morgan fingerprint density at radius 2 is 1.75 bits per heavy atom. The van der Waals surface area contributed by atoms with Gasteiger partial charge in [0, 0.05) is 25.7 Å². The second-order valence-electron chi connectivity index (χ2n) is 5.05. The van der Waals surface area contributed by atoms with Crippen molar-refractivity contribution in [2.24, 2.45) is 11.1 Å². The topological polar surface area (TPSA) is 84.2 Å². The first kappa shape index (κ1) is 18.4. The lowest BCUT2D eigenvalue weighted by Gasteiger charge is -2.21. The zero-order valence-corrected chi connectivity index (χ0v) is 12.8. The molecule has 1 rings (SSSR count). The molecule has 0 bridgehead atoms. The predicted octanol–water partition coefficient (Wildman–Crippen LogP) is 1.07. The van der Waals surface area contributed by atoms with Gasteiger partial charge in [-0.2, -0.15) is 0 Å². The van der Waals surface area contributed by atoms with Crippen molar-refractivity contribution in [3.63, 3.8) is 0 Å². The smallest absolute Gasteiger partial charge is 0.251 e. The molecule has 0 fully saturated rings. The van der Waals surface area contributed by atoms with E-state index in [0.29, 0.717) is 18.7 Å². The maximum absolute atomic E-state index is 11.8. The first-order chi connectivity index (χ1) is 8.90. The SMILES string of the molecule is CNC(=O)c1ccc(CNC(=O)C(C)(C)CN)cc1.Cl. The van der Waals surface area contributed by atoms with E-state index in [9.17, 15) is 9.59 Å². The van der Waals surface area contributed by atoms with Gasteiger partial charge in [-0.1, -0.05) is 12.1 Å².